The monoisotopic (exact) mass is 264 g/mol. The Hall–Kier alpha value is -0.870. The minimum atomic E-state index is 0.120. The Morgan fingerprint density at radius 3 is 2.79 bits per heavy atom. The molecule has 2 heterocycles. The van der Waals surface area contributed by atoms with Crippen molar-refractivity contribution in [3.63, 3.8) is 0 Å². The summed E-state index contributed by atoms with van der Waals surface area (Å²) in [5.41, 5.74) is 2.75. The third-order valence-corrected chi connectivity index (χ3v) is 3.93. The lowest BCUT2D eigenvalue weighted by Gasteiger charge is -2.25. The van der Waals surface area contributed by atoms with E-state index in [2.05, 4.69) is 42.3 Å². The molecule has 0 saturated carbocycles. The molecule has 1 aliphatic heterocycles. The van der Waals surface area contributed by atoms with E-state index in [1.165, 1.54) is 30.6 Å². The van der Waals surface area contributed by atoms with E-state index in [0.29, 0.717) is 6.04 Å². The Labute approximate surface area is 117 Å². The van der Waals surface area contributed by atoms with Crippen LogP contribution in [0.4, 0.5) is 0 Å². The molecule has 1 N–H and O–H groups in total. The molecule has 0 aliphatic carbocycles. The van der Waals surface area contributed by atoms with Gasteiger partial charge < -0.3 is 5.32 Å². The van der Waals surface area contributed by atoms with Crippen LogP contribution in [0.1, 0.15) is 44.9 Å². The lowest BCUT2D eigenvalue weighted by molar-refractivity contribution is 0.240. The molecule has 19 heavy (non-hydrogen) atoms. The summed E-state index contributed by atoms with van der Waals surface area (Å²) >= 11 is 0. The standard InChI is InChI=1S/C15H28N4/c1-15(2,3)14-12(10-18(5)17-14)11-19-8-6-7-13(19)9-16-4/h10,13,16H,6-9,11H2,1-5H3. The third-order valence-electron chi connectivity index (χ3n) is 3.93. The third kappa shape index (κ3) is 3.37. The molecule has 1 unspecified atom stereocenters. The van der Waals surface area contributed by atoms with Crippen LogP contribution in [-0.4, -0.2) is 40.9 Å². The highest BCUT2D eigenvalue weighted by Crippen LogP contribution is 2.27. The van der Waals surface area contributed by atoms with E-state index in [1.807, 2.05) is 18.8 Å². The molecule has 1 aliphatic rings. The maximum atomic E-state index is 4.67. The van der Waals surface area contributed by atoms with Crippen molar-refractivity contribution in [3.8, 4) is 0 Å². The van der Waals surface area contributed by atoms with Gasteiger partial charge in [0.2, 0.25) is 0 Å². The van der Waals surface area contributed by atoms with Crippen molar-refractivity contribution >= 4 is 0 Å². The van der Waals surface area contributed by atoms with E-state index < -0.39 is 0 Å². The van der Waals surface area contributed by atoms with E-state index >= 15 is 0 Å². The Bertz CT molecular complexity index is 416. The van der Waals surface area contributed by atoms with Crippen LogP contribution in [0.15, 0.2) is 6.20 Å². The molecule has 0 radical (unpaired) electrons. The van der Waals surface area contributed by atoms with Crippen LogP contribution < -0.4 is 5.32 Å². The first-order valence-corrected chi connectivity index (χ1v) is 7.33. The van der Waals surface area contributed by atoms with Crippen LogP contribution in [0.3, 0.4) is 0 Å². The second kappa shape index (κ2) is 5.63. The highest BCUT2D eigenvalue weighted by molar-refractivity contribution is 5.24. The maximum Gasteiger partial charge on any atom is 0.0722 e. The fourth-order valence-corrected chi connectivity index (χ4v) is 3.07. The summed E-state index contributed by atoms with van der Waals surface area (Å²) in [5.74, 6) is 0. The first-order valence-electron chi connectivity index (χ1n) is 7.33. The number of nitrogens with zero attached hydrogens (tertiary/aromatic N) is 3. The molecule has 0 amide bonds. The summed E-state index contributed by atoms with van der Waals surface area (Å²) in [5, 5.41) is 7.98. The molecule has 4 nitrogen and oxygen atoms in total. The number of hydrogen-bond acceptors (Lipinski definition) is 3. The lowest BCUT2D eigenvalue weighted by atomic mass is 9.89. The zero-order chi connectivity index (χ0) is 14.0. The van der Waals surface area contributed by atoms with Crippen LogP contribution in [0, 0.1) is 0 Å². The molecule has 0 bridgehead atoms. The number of nitrogens with one attached hydrogen (secondary N) is 1. The first-order chi connectivity index (χ1) is 8.91. The predicted molar refractivity (Wildman–Crippen MR) is 79.3 cm³/mol. The minimum Gasteiger partial charge on any atom is -0.318 e. The molecule has 2 rings (SSSR count). The van der Waals surface area contributed by atoms with E-state index in [-0.39, 0.29) is 5.41 Å². The molecule has 0 aromatic carbocycles. The Morgan fingerprint density at radius 1 is 1.42 bits per heavy atom. The summed E-state index contributed by atoms with van der Waals surface area (Å²) in [6.07, 6.45) is 4.82. The number of likely N-dealkylation sites (tertiary alicyclic amines) is 1. The van der Waals surface area contributed by atoms with Crippen molar-refractivity contribution in [1.29, 1.82) is 0 Å². The van der Waals surface area contributed by atoms with Gasteiger partial charge in [-0.3, -0.25) is 9.58 Å². The highest BCUT2D eigenvalue weighted by atomic mass is 15.3. The largest absolute Gasteiger partial charge is 0.318 e. The fourth-order valence-electron chi connectivity index (χ4n) is 3.07. The summed E-state index contributed by atoms with van der Waals surface area (Å²) in [6, 6.07) is 0.679. The van der Waals surface area contributed by atoms with Gasteiger partial charge in [0.15, 0.2) is 0 Å². The van der Waals surface area contributed by atoms with Crippen LogP contribution >= 0.6 is 0 Å². The molecule has 1 atom stereocenters. The van der Waals surface area contributed by atoms with E-state index in [1.54, 1.807) is 0 Å². The van der Waals surface area contributed by atoms with Crippen molar-refractivity contribution in [2.24, 2.45) is 7.05 Å². The van der Waals surface area contributed by atoms with E-state index in [0.717, 1.165) is 13.1 Å². The van der Waals surface area contributed by atoms with Gasteiger partial charge in [-0.1, -0.05) is 20.8 Å². The van der Waals surface area contributed by atoms with Gasteiger partial charge in [0, 0.05) is 43.4 Å². The fraction of sp³-hybridized carbons (Fsp3) is 0.800. The van der Waals surface area contributed by atoms with Crippen LogP contribution in [0.2, 0.25) is 0 Å². The number of hydrogen-bond donors (Lipinski definition) is 1. The van der Waals surface area contributed by atoms with Crippen molar-refractivity contribution < 1.29 is 0 Å². The summed E-state index contributed by atoms with van der Waals surface area (Å²) in [6.45, 7) is 10.1. The van der Waals surface area contributed by atoms with Gasteiger partial charge in [-0.25, -0.2) is 0 Å². The number of rotatable bonds is 4. The Kier molecular flexibility index (Phi) is 4.31. The van der Waals surface area contributed by atoms with Gasteiger partial charge >= 0.3 is 0 Å². The summed E-state index contributed by atoms with van der Waals surface area (Å²) in [7, 11) is 4.06. The second-order valence-corrected chi connectivity index (χ2v) is 6.75. The van der Waals surface area contributed by atoms with Gasteiger partial charge in [-0.15, -0.1) is 0 Å². The normalized spacial score (nSPS) is 21.2. The van der Waals surface area contributed by atoms with Crippen molar-refractivity contribution in [3.05, 3.63) is 17.5 Å². The Balaban J connectivity index is 2.14. The Morgan fingerprint density at radius 2 is 2.16 bits per heavy atom. The molecule has 108 valence electrons. The smallest absolute Gasteiger partial charge is 0.0722 e. The quantitative estimate of drug-likeness (QED) is 0.901. The predicted octanol–water partition coefficient (Wildman–Crippen LogP) is 1.90. The van der Waals surface area contributed by atoms with Crippen LogP contribution in [0.5, 0.6) is 0 Å². The molecule has 1 saturated heterocycles. The van der Waals surface area contributed by atoms with E-state index in [4.69, 9.17) is 0 Å². The number of aromatic nitrogens is 2. The van der Waals surface area contributed by atoms with E-state index in [9.17, 15) is 0 Å². The van der Waals surface area contributed by atoms with Crippen LogP contribution in [0.25, 0.3) is 0 Å². The van der Waals surface area contributed by atoms with Gasteiger partial charge in [0.05, 0.1) is 5.69 Å². The zero-order valence-electron chi connectivity index (χ0n) is 13.0. The minimum absolute atomic E-state index is 0.120. The molecule has 0 spiro atoms. The average molecular weight is 264 g/mol. The number of likely N-dealkylation sites (N-methyl/N-ethyl adjacent to an activating group) is 1. The summed E-state index contributed by atoms with van der Waals surface area (Å²) in [4.78, 5) is 2.60. The highest BCUT2D eigenvalue weighted by Gasteiger charge is 2.27. The molecular formula is C15H28N4. The average Bonchev–Trinajstić information content (AvgIpc) is 2.87. The van der Waals surface area contributed by atoms with Gasteiger partial charge in [0.25, 0.3) is 0 Å². The number of aryl methyl sites for hydroxylation is 1. The van der Waals surface area contributed by atoms with Crippen molar-refractivity contribution in [2.75, 3.05) is 20.1 Å². The zero-order valence-corrected chi connectivity index (χ0v) is 13.0. The lowest BCUT2D eigenvalue weighted by Crippen LogP contribution is -2.36. The van der Waals surface area contributed by atoms with Crippen molar-refractivity contribution in [1.82, 2.24) is 20.0 Å². The molecule has 1 aromatic heterocycles. The topological polar surface area (TPSA) is 33.1 Å². The molecule has 1 aromatic rings. The van der Waals surface area contributed by atoms with Gasteiger partial charge in [-0.2, -0.15) is 5.10 Å². The van der Waals surface area contributed by atoms with Crippen LogP contribution in [-0.2, 0) is 19.0 Å². The first kappa shape index (κ1) is 14.5. The van der Waals surface area contributed by atoms with Gasteiger partial charge in [0.1, 0.15) is 0 Å². The second-order valence-electron chi connectivity index (χ2n) is 6.75. The SMILES string of the molecule is CNCC1CCCN1Cc1cn(C)nc1C(C)(C)C. The van der Waals surface area contributed by atoms with Crippen molar-refractivity contribution in [2.45, 2.75) is 51.6 Å². The van der Waals surface area contributed by atoms with Gasteiger partial charge in [-0.05, 0) is 26.4 Å². The maximum absolute atomic E-state index is 4.67. The molecular weight excluding hydrogens is 236 g/mol. The molecule has 4 heteroatoms. The molecule has 1 fully saturated rings. The summed E-state index contributed by atoms with van der Waals surface area (Å²) < 4.78 is 1.96.